The number of aromatic nitrogens is 2. The monoisotopic (exact) mass is 423 g/mol. The molecular formula is C18H12Cl3N3OS. The van der Waals surface area contributed by atoms with E-state index in [9.17, 15) is 4.79 Å². The van der Waals surface area contributed by atoms with Gasteiger partial charge in [0, 0.05) is 5.75 Å². The molecule has 0 unspecified atom stereocenters. The lowest BCUT2D eigenvalue weighted by atomic mass is 10.2. The van der Waals surface area contributed by atoms with Gasteiger partial charge in [0.15, 0.2) is 10.9 Å². The zero-order chi connectivity index (χ0) is 18.5. The van der Waals surface area contributed by atoms with Crippen LogP contribution in [0.4, 0.5) is 5.69 Å². The van der Waals surface area contributed by atoms with Crippen molar-refractivity contribution in [3.8, 4) is 0 Å². The summed E-state index contributed by atoms with van der Waals surface area (Å²) >= 11 is 19.6. The Labute approximate surface area is 169 Å². The van der Waals surface area contributed by atoms with Gasteiger partial charge in [-0.2, -0.15) is 0 Å². The number of benzene rings is 2. The molecule has 0 radical (unpaired) electrons. The van der Waals surface area contributed by atoms with Gasteiger partial charge in [-0.1, -0.05) is 83.0 Å². The Morgan fingerprint density at radius 2 is 1.77 bits per heavy atom. The number of amides is 1. The summed E-state index contributed by atoms with van der Waals surface area (Å²) < 4.78 is 0. The van der Waals surface area contributed by atoms with E-state index < -0.39 is 5.91 Å². The molecule has 1 amide bonds. The van der Waals surface area contributed by atoms with E-state index in [2.05, 4.69) is 15.3 Å². The summed E-state index contributed by atoms with van der Waals surface area (Å²) in [5.41, 5.74) is 1.60. The van der Waals surface area contributed by atoms with Crippen LogP contribution in [-0.4, -0.2) is 15.9 Å². The molecule has 0 saturated heterocycles. The van der Waals surface area contributed by atoms with E-state index in [-0.39, 0.29) is 15.7 Å². The zero-order valence-electron chi connectivity index (χ0n) is 13.2. The highest BCUT2D eigenvalue weighted by molar-refractivity contribution is 7.98. The lowest BCUT2D eigenvalue weighted by Crippen LogP contribution is -2.15. The van der Waals surface area contributed by atoms with Crippen LogP contribution in [0.1, 0.15) is 16.1 Å². The van der Waals surface area contributed by atoms with Gasteiger partial charge >= 0.3 is 0 Å². The van der Waals surface area contributed by atoms with Gasteiger partial charge in [0.1, 0.15) is 0 Å². The predicted molar refractivity (Wildman–Crippen MR) is 107 cm³/mol. The number of nitrogens with one attached hydrogen (secondary N) is 1. The Balaban J connectivity index is 1.76. The Kier molecular flexibility index (Phi) is 6.38. The molecule has 0 aliphatic heterocycles. The Morgan fingerprint density at radius 3 is 2.54 bits per heavy atom. The van der Waals surface area contributed by atoms with E-state index in [1.54, 1.807) is 18.2 Å². The first-order chi connectivity index (χ1) is 12.5. The van der Waals surface area contributed by atoms with Gasteiger partial charge < -0.3 is 5.32 Å². The minimum atomic E-state index is -0.483. The van der Waals surface area contributed by atoms with E-state index in [1.165, 1.54) is 18.0 Å². The summed E-state index contributed by atoms with van der Waals surface area (Å²) in [7, 11) is 0. The van der Waals surface area contributed by atoms with Crippen molar-refractivity contribution in [3.63, 3.8) is 0 Å². The number of nitrogens with zero attached hydrogens (tertiary/aromatic N) is 2. The van der Waals surface area contributed by atoms with Crippen molar-refractivity contribution in [3.05, 3.63) is 81.1 Å². The van der Waals surface area contributed by atoms with Gasteiger partial charge in [-0.15, -0.1) is 0 Å². The highest BCUT2D eigenvalue weighted by Gasteiger charge is 2.16. The maximum Gasteiger partial charge on any atom is 0.276 e. The first-order valence-electron chi connectivity index (χ1n) is 7.49. The number of halogens is 3. The first-order valence-corrected chi connectivity index (χ1v) is 9.61. The molecule has 3 rings (SSSR count). The second-order valence-electron chi connectivity index (χ2n) is 5.18. The molecule has 26 heavy (non-hydrogen) atoms. The van der Waals surface area contributed by atoms with Crippen LogP contribution in [0.3, 0.4) is 0 Å². The number of carbonyl (C=O) groups is 1. The molecule has 0 atom stereocenters. The van der Waals surface area contributed by atoms with Gasteiger partial charge in [-0.05, 0) is 17.7 Å². The number of carbonyl (C=O) groups excluding carboxylic acids is 1. The lowest BCUT2D eigenvalue weighted by Gasteiger charge is -2.09. The number of hydrogen-bond donors (Lipinski definition) is 1. The third kappa shape index (κ3) is 4.68. The average molecular weight is 425 g/mol. The lowest BCUT2D eigenvalue weighted by molar-refractivity contribution is 0.102. The summed E-state index contributed by atoms with van der Waals surface area (Å²) in [6.45, 7) is 0. The standard InChI is InChI=1S/C18H12Cl3N3OS/c19-12-7-4-8-14(15(12)21)23-17(25)16-13(20)9-22-18(24-16)26-10-11-5-2-1-3-6-11/h1-9H,10H2,(H,23,25). The van der Waals surface area contributed by atoms with Crippen molar-refractivity contribution >= 4 is 58.2 Å². The van der Waals surface area contributed by atoms with Crippen LogP contribution in [0.5, 0.6) is 0 Å². The molecule has 2 aromatic carbocycles. The third-order valence-corrected chi connectivity index (χ3v) is 5.38. The normalized spacial score (nSPS) is 10.6. The summed E-state index contributed by atoms with van der Waals surface area (Å²) in [6.07, 6.45) is 1.41. The fourth-order valence-corrected chi connectivity index (χ4v) is 3.38. The first kappa shape index (κ1) is 19.0. The molecule has 0 aliphatic rings. The number of anilines is 1. The highest BCUT2D eigenvalue weighted by Crippen LogP contribution is 2.30. The van der Waals surface area contributed by atoms with Crippen molar-refractivity contribution in [2.45, 2.75) is 10.9 Å². The summed E-state index contributed by atoms with van der Waals surface area (Å²) in [4.78, 5) is 21.0. The predicted octanol–water partition coefficient (Wildman–Crippen LogP) is 5.98. The van der Waals surface area contributed by atoms with E-state index in [4.69, 9.17) is 34.8 Å². The molecule has 0 fully saturated rings. The van der Waals surface area contributed by atoms with Crippen LogP contribution in [-0.2, 0) is 5.75 Å². The summed E-state index contributed by atoms with van der Waals surface area (Å²) in [5, 5.41) is 3.89. The van der Waals surface area contributed by atoms with Crippen molar-refractivity contribution in [2.75, 3.05) is 5.32 Å². The molecule has 0 spiro atoms. The molecule has 1 heterocycles. The summed E-state index contributed by atoms with van der Waals surface area (Å²) in [6, 6.07) is 14.9. The Hall–Kier alpha value is -1.79. The van der Waals surface area contributed by atoms with Crippen molar-refractivity contribution in [1.82, 2.24) is 9.97 Å². The van der Waals surface area contributed by atoms with Crippen molar-refractivity contribution in [2.24, 2.45) is 0 Å². The van der Waals surface area contributed by atoms with Gasteiger partial charge in [-0.25, -0.2) is 9.97 Å². The fraction of sp³-hybridized carbons (Fsp3) is 0.0556. The number of rotatable bonds is 5. The van der Waals surface area contributed by atoms with Crippen LogP contribution in [0.25, 0.3) is 0 Å². The minimum absolute atomic E-state index is 0.0771. The summed E-state index contributed by atoms with van der Waals surface area (Å²) in [5.74, 6) is 0.201. The number of hydrogen-bond acceptors (Lipinski definition) is 4. The molecule has 4 nitrogen and oxygen atoms in total. The minimum Gasteiger partial charge on any atom is -0.319 e. The third-order valence-electron chi connectivity index (χ3n) is 3.35. The van der Waals surface area contributed by atoms with Gasteiger partial charge in [0.05, 0.1) is 27.0 Å². The molecule has 1 aromatic heterocycles. The molecule has 0 aliphatic carbocycles. The van der Waals surface area contributed by atoms with Gasteiger partial charge in [0.25, 0.3) is 5.91 Å². The second kappa shape index (κ2) is 8.73. The van der Waals surface area contributed by atoms with Crippen LogP contribution in [0, 0.1) is 0 Å². The fourth-order valence-electron chi connectivity index (χ4n) is 2.08. The molecular weight excluding hydrogens is 413 g/mol. The zero-order valence-corrected chi connectivity index (χ0v) is 16.3. The van der Waals surface area contributed by atoms with Gasteiger partial charge in [-0.3, -0.25) is 4.79 Å². The quantitative estimate of drug-likeness (QED) is 0.404. The van der Waals surface area contributed by atoms with E-state index in [1.807, 2.05) is 30.3 Å². The molecule has 0 bridgehead atoms. The molecule has 1 N–H and O–H groups in total. The average Bonchev–Trinajstić information content (AvgIpc) is 2.65. The van der Waals surface area contributed by atoms with Crippen molar-refractivity contribution < 1.29 is 4.79 Å². The van der Waals surface area contributed by atoms with Crippen LogP contribution in [0.2, 0.25) is 15.1 Å². The van der Waals surface area contributed by atoms with Gasteiger partial charge in [0.2, 0.25) is 0 Å². The smallest absolute Gasteiger partial charge is 0.276 e. The second-order valence-corrected chi connectivity index (χ2v) is 7.31. The van der Waals surface area contributed by atoms with E-state index >= 15 is 0 Å². The molecule has 0 saturated carbocycles. The van der Waals surface area contributed by atoms with Crippen LogP contribution < -0.4 is 5.32 Å². The van der Waals surface area contributed by atoms with E-state index in [0.717, 1.165) is 5.56 Å². The van der Waals surface area contributed by atoms with Crippen LogP contribution >= 0.6 is 46.6 Å². The largest absolute Gasteiger partial charge is 0.319 e. The molecule has 8 heteroatoms. The molecule has 132 valence electrons. The maximum atomic E-state index is 12.5. The van der Waals surface area contributed by atoms with E-state index in [0.29, 0.717) is 21.6 Å². The van der Waals surface area contributed by atoms with Crippen molar-refractivity contribution in [1.29, 1.82) is 0 Å². The SMILES string of the molecule is O=C(Nc1cccc(Cl)c1Cl)c1nc(SCc2ccccc2)ncc1Cl. The topological polar surface area (TPSA) is 54.9 Å². The molecule has 3 aromatic rings. The highest BCUT2D eigenvalue weighted by atomic mass is 35.5. The number of thioether (sulfide) groups is 1. The van der Waals surface area contributed by atoms with Crippen LogP contribution in [0.15, 0.2) is 59.9 Å². The maximum absolute atomic E-state index is 12.5. The Morgan fingerprint density at radius 1 is 1.00 bits per heavy atom. The Bertz CT molecular complexity index is 938.